The van der Waals surface area contributed by atoms with Crippen LogP contribution in [0.3, 0.4) is 0 Å². The third-order valence-electron chi connectivity index (χ3n) is 4.74. The lowest BCUT2D eigenvalue weighted by atomic mass is 10.1. The molecule has 0 radical (unpaired) electrons. The van der Waals surface area contributed by atoms with Crippen LogP contribution in [-0.4, -0.2) is 33.6 Å². The summed E-state index contributed by atoms with van der Waals surface area (Å²) in [6, 6.07) is 13.4. The van der Waals surface area contributed by atoms with E-state index >= 15 is 0 Å². The molecule has 0 fully saturated rings. The Hall–Kier alpha value is -3.61. The predicted octanol–water partition coefficient (Wildman–Crippen LogP) is 2.96. The van der Waals surface area contributed by atoms with Crippen molar-refractivity contribution in [1.29, 1.82) is 0 Å². The third kappa shape index (κ3) is 3.00. The average Bonchev–Trinajstić information content (AvgIpc) is 3.16. The minimum absolute atomic E-state index is 0.138. The largest absolute Gasteiger partial charge is 0.493 e. The number of nitrogens with zero attached hydrogens (tertiary/aromatic N) is 4. The Morgan fingerprint density at radius 3 is 2.46 bits per heavy atom. The fourth-order valence-electron chi connectivity index (χ4n) is 3.20. The number of aryl methyl sites for hydroxylation is 1. The first-order chi connectivity index (χ1) is 13.6. The number of benzene rings is 2. The molecule has 0 aliphatic heterocycles. The molecule has 2 heterocycles. The lowest BCUT2D eigenvalue weighted by Crippen LogP contribution is -2.21. The summed E-state index contributed by atoms with van der Waals surface area (Å²) >= 11 is 0. The summed E-state index contributed by atoms with van der Waals surface area (Å²) in [6.45, 7) is 2.35. The SMILES string of the molecule is COc1cc(C)c(Cn2cnc3c(cnn3-c3ccccc3)c2=O)cc1OC. The van der Waals surface area contributed by atoms with Gasteiger partial charge in [-0.05, 0) is 42.3 Å². The number of aromatic nitrogens is 4. The van der Waals surface area contributed by atoms with Gasteiger partial charge in [-0.15, -0.1) is 0 Å². The summed E-state index contributed by atoms with van der Waals surface area (Å²) < 4.78 is 14.0. The molecule has 7 nitrogen and oxygen atoms in total. The highest BCUT2D eigenvalue weighted by molar-refractivity contribution is 5.74. The molecule has 4 aromatic rings. The van der Waals surface area contributed by atoms with E-state index in [1.165, 1.54) is 0 Å². The van der Waals surface area contributed by atoms with E-state index in [4.69, 9.17) is 9.47 Å². The zero-order valence-corrected chi connectivity index (χ0v) is 15.9. The van der Waals surface area contributed by atoms with Crippen molar-refractivity contribution in [3.8, 4) is 17.2 Å². The average molecular weight is 376 g/mol. The second-order valence-electron chi connectivity index (χ2n) is 6.44. The van der Waals surface area contributed by atoms with Gasteiger partial charge >= 0.3 is 0 Å². The highest BCUT2D eigenvalue weighted by atomic mass is 16.5. The Balaban J connectivity index is 1.75. The van der Waals surface area contributed by atoms with Crippen molar-refractivity contribution >= 4 is 11.0 Å². The second-order valence-corrected chi connectivity index (χ2v) is 6.44. The van der Waals surface area contributed by atoms with Crippen LogP contribution >= 0.6 is 0 Å². The molecule has 2 aromatic heterocycles. The molecule has 2 aromatic carbocycles. The molecule has 0 aliphatic rings. The maximum atomic E-state index is 13.0. The standard InChI is InChI=1S/C21H20N4O3/c1-14-9-18(27-2)19(28-3)10-15(14)12-24-13-22-20-17(21(24)26)11-23-25(20)16-7-5-4-6-8-16/h4-11,13H,12H2,1-3H3. The number of hydrogen-bond acceptors (Lipinski definition) is 5. The smallest absolute Gasteiger partial charge is 0.264 e. The van der Waals surface area contributed by atoms with Crippen molar-refractivity contribution in [3.63, 3.8) is 0 Å². The van der Waals surface area contributed by atoms with Crippen molar-refractivity contribution in [2.45, 2.75) is 13.5 Å². The van der Waals surface area contributed by atoms with Gasteiger partial charge in [0.2, 0.25) is 0 Å². The number of hydrogen-bond donors (Lipinski definition) is 0. The Kier molecular flexibility index (Phi) is 4.57. The number of ether oxygens (including phenoxy) is 2. The molecule has 142 valence electrons. The molecule has 0 bridgehead atoms. The molecule has 0 N–H and O–H groups in total. The van der Waals surface area contributed by atoms with Crippen molar-refractivity contribution in [1.82, 2.24) is 19.3 Å². The summed E-state index contributed by atoms with van der Waals surface area (Å²) in [4.78, 5) is 17.5. The van der Waals surface area contributed by atoms with E-state index in [2.05, 4.69) is 10.1 Å². The summed E-state index contributed by atoms with van der Waals surface area (Å²) in [5.41, 5.74) is 3.22. The summed E-state index contributed by atoms with van der Waals surface area (Å²) in [6.07, 6.45) is 3.12. The number of rotatable bonds is 5. The van der Waals surface area contributed by atoms with Gasteiger partial charge in [0.05, 0.1) is 32.6 Å². The van der Waals surface area contributed by atoms with Crippen LogP contribution in [0.15, 0.2) is 59.8 Å². The van der Waals surface area contributed by atoms with E-state index in [1.807, 2.05) is 49.4 Å². The number of para-hydroxylation sites is 1. The monoisotopic (exact) mass is 376 g/mol. The predicted molar refractivity (Wildman–Crippen MR) is 107 cm³/mol. The fourth-order valence-corrected chi connectivity index (χ4v) is 3.20. The van der Waals surface area contributed by atoms with Crippen LogP contribution in [0.5, 0.6) is 11.5 Å². The third-order valence-corrected chi connectivity index (χ3v) is 4.74. The minimum atomic E-state index is -0.138. The van der Waals surface area contributed by atoms with Gasteiger partial charge in [-0.3, -0.25) is 9.36 Å². The van der Waals surface area contributed by atoms with Crippen molar-refractivity contribution in [2.24, 2.45) is 0 Å². The molecule has 0 saturated carbocycles. The Bertz CT molecular complexity index is 1200. The first-order valence-corrected chi connectivity index (χ1v) is 8.82. The van der Waals surface area contributed by atoms with Gasteiger partial charge in [-0.2, -0.15) is 5.10 Å². The first-order valence-electron chi connectivity index (χ1n) is 8.82. The Morgan fingerprint density at radius 2 is 1.75 bits per heavy atom. The van der Waals surface area contributed by atoms with Crippen LogP contribution in [0.2, 0.25) is 0 Å². The second kappa shape index (κ2) is 7.19. The lowest BCUT2D eigenvalue weighted by molar-refractivity contribution is 0.354. The number of fused-ring (bicyclic) bond motifs is 1. The van der Waals surface area contributed by atoms with Gasteiger partial charge in [-0.25, -0.2) is 9.67 Å². The van der Waals surface area contributed by atoms with Gasteiger partial charge in [0, 0.05) is 0 Å². The molecule has 0 atom stereocenters. The van der Waals surface area contributed by atoms with Crippen LogP contribution in [0.4, 0.5) is 0 Å². The van der Waals surface area contributed by atoms with E-state index in [-0.39, 0.29) is 5.56 Å². The van der Waals surface area contributed by atoms with E-state index in [0.29, 0.717) is 29.1 Å². The van der Waals surface area contributed by atoms with Gasteiger partial charge < -0.3 is 9.47 Å². The molecule has 0 saturated heterocycles. The van der Waals surface area contributed by atoms with E-state index in [1.54, 1.807) is 36.0 Å². The van der Waals surface area contributed by atoms with Crippen molar-refractivity contribution in [2.75, 3.05) is 14.2 Å². The van der Waals surface area contributed by atoms with Gasteiger partial charge in [0.15, 0.2) is 17.1 Å². The lowest BCUT2D eigenvalue weighted by Gasteiger charge is -2.13. The van der Waals surface area contributed by atoms with Gasteiger partial charge in [0.1, 0.15) is 11.7 Å². The van der Waals surface area contributed by atoms with Crippen LogP contribution in [0.1, 0.15) is 11.1 Å². The van der Waals surface area contributed by atoms with Crippen molar-refractivity contribution < 1.29 is 9.47 Å². The first kappa shape index (κ1) is 17.8. The Morgan fingerprint density at radius 1 is 1.04 bits per heavy atom. The van der Waals surface area contributed by atoms with E-state index in [9.17, 15) is 4.79 Å². The van der Waals surface area contributed by atoms with Gasteiger partial charge in [0.25, 0.3) is 5.56 Å². The van der Waals surface area contributed by atoms with Crippen LogP contribution in [0, 0.1) is 6.92 Å². The molecule has 0 aliphatic carbocycles. The fraction of sp³-hybridized carbons (Fsp3) is 0.190. The summed E-state index contributed by atoms with van der Waals surface area (Å²) in [5, 5.41) is 4.82. The molecule has 0 spiro atoms. The maximum Gasteiger partial charge on any atom is 0.264 e. The zero-order chi connectivity index (χ0) is 19.7. The molecular weight excluding hydrogens is 356 g/mol. The molecule has 28 heavy (non-hydrogen) atoms. The molecule has 7 heteroatoms. The van der Waals surface area contributed by atoms with E-state index < -0.39 is 0 Å². The normalized spacial score (nSPS) is 11.0. The van der Waals surface area contributed by atoms with E-state index in [0.717, 1.165) is 16.8 Å². The van der Waals surface area contributed by atoms with Crippen molar-refractivity contribution in [3.05, 3.63) is 76.5 Å². The van der Waals surface area contributed by atoms with Crippen LogP contribution < -0.4 is 15.0 Å². The molecular formula is C21H20N4O3. The van der Waals surface area contributed by atoms with Gasteiger partial charge in [-0.1, -0.05) is 18.2 Å². The Labute approximate surface area is 161 Å². The molecule has 0 unspecified atom stereocenters. The molecule has 0 amide bonds. The topological polar surface area (TPSA) is 71.2 Å². The van der Waals surface area contributed by atoms with Crippen LogP contribution in [-0.2, 0) is 6.54 Å². The summed E-state index contributed by atoms with van der Waals surface area (Å²) in [5.74, 6) is 1.29. The zero-order valence-electron chi connectivity index (χ0n) is 15.9. The maximum absolute atomic E-state index is 13.0. The quantitative estimate of drug-likeness (QED) is 0.536. The highest BCUT2D eigenvalue weighted by Gasteiger charge is 2.14. The summed E-state index contributed by atoms with van der Waals surface area (Å²) in [7, 11) is 3.19. The minimum Gasteiger partial charge on any atom is -0.493 e. The number of methoxy groups -OCH3 is 2. The van der Waals surface area contributed by atoms with Crippen LogP contribution in [0.25, 0.3) is 16.7 Å². The highest BCUT2D eigenvalue weighted by Crippen LogP contribution is 2.30. The molecule has 4 rings (SSSR count).